The molecule has 0 spiro atoms. The molecule has 0 aliphatic heterocycles. The minimum Gasteiger partial charge on any atom is -0.480 e. The van der Waals surface area contributed by atoms with Gasteiger partial charge in [-0.1, -0.05) is 0 Å². The Labute approximate surface area is 101 Å². The van der Waals surface area contributed by atoms with Crippen LogP contribution < -0.4 is 0 Å². The number of nitrogens with zero attached hydrogens (tertiary/aromatic N) is 1. The van der Waals surface area contributed by atoms with Gasteiger partial charge >= 0.3 is 12.1 Å². The summed E-state index contributed by atoms with van der Waals surface area (Å²) in [5.74, 6) is -1.13. The van der Waals surface area contributed by atoms with Crippen molar-refractivity contribution in [1.29, 1.82) is 0 Å². The van der Waals surface area contributed by atoms with Gasteiger partial charge in [0.2, 0.25) is 0 Å². The lowest BCUT2D eigenvalue weighted by atomic mass is 10.1. The number of amides is 1. The quantitative estimate of drug-likeness (QED) is 0.811. The Hall–Kier alpha value is -1.30. The summed E-state index contributed by atoms with van der Waals surface area (Å²) in [6.45, 7) is 6.73. The second kappa shape index (κ2) is 5.86. The first-order valence-electron chi connectivity index (χ1n) is 5.31. The van der Waals surface area contributed by atoms with Crippen molar-refractivity contribution in [3.05, 3.63) is 0 Å². The lowest BCUT2D eigenvalue weighted by Gasteiger charge is -2.30. The SMILES string of the molecule is CO[C@H](C)[C@@H](C(=O)O)N(C)C(=O)OC(C)(C)C. The number of likely N-dealkylation sites (N-methyl/N-ethyl adjacent to an activating group) is 1. The Morgan fingerprint density at radius 1 is 1.29 bits per heavy atom. The molecule has 6 nitrogen and oxygen atoms in total. The van der Waals surface area contributed by atoms with Crippen molar-refractivity contribution in [2.75, 3.05) is 14.2 Å². The smallest absolute Gasteiger partial charge is 0.410 e. The van der Waals surface area contributed by atoms with Gasteiger partial charge in [-0.25, -0.2) is 9.59 Å². The molecule has 0 aromatic heterocycles. The van der Waals surface area contributed by atoms with Gasteiger partial charge in [-0.3, -0.25) is 4.90 Å². The zero-order valence-corrected chi connectivity index (χ0v) is 11.2. The molecular weight excluding hydrogens is 226 g/mol. The normalized spacial score (nSPS) is 14.9. The fourth-order valence-electron chi connectivity index (χ4n) is 1.26. The predicted octanol–water partition coefficient (Wildman–Crippen LogP) is 1.34. The van der Waals surface area contributed by atoms with E-state index in [-0.39, 0.29) is 0 Å². The summed E-state index contributed by atoms with van der Waals surface area (Å²) in [4.78, 5) is 23.8. The van der Waals surface area contributed by atoms with Crippen LogP contribution >= 0.6 is 0 Å². The molecule has 17 heavy (non-hydrogen) atoms. The first kappa shape index (κ1) is 15.7. The van der Waals surface area contributed by atoms with E-state index in [2.05, 4.69) is 0 Å². The molecule has 0 bridgehead atoms. The number of hydrogen-bond acceptors (Lipinski definition) is 4. The van der Waals surface area contributed by atoms with Crippen molar-refractivity contribution >= 4 is 12.1 Å². The van der Waals surface area contributed by atoms with Crippen molar-refractivity contribution < 1.29 is 24.2 Å². The highest BCUT2D eigenvalue weighted by atomic mass is 16.6. The van der Waals surface area contributed by atoms with E-state index in [0.29, 0.717) is 0 Å². The maximum absolute atomic E-state index is 11.7. The van der Waals surface area contributed by atoms with Crippen LogP contribution in [0.3, 0.4) is 0 Å². The van der Waals surface area contributed by atoms with Gasteiger partial charge in [-0.05, 0) is 27.7 Å². The van der Waals surface area contributed by atoms with Gasteiger partial charge in [0, 0.05) is 14.2 Å². The van der Waals surface area contributed by atoms with E-state index in [9.17, 15) is 9.59 Å². The molecule has 100 valence electrons. The highest BCUT2D eigenvalue weighted by Gasteiger charge is 2.34. The third-order valence-electron chi connectivity index (χ3n) is 2.17. The van der Waals surface area contributed by atoms with Crippen molar-refractivity contribution in [2.24, 2.45) is 0 Å². The number of carboxylic acids is 1. The van der Waals surface area contributed by atoms with Gasteiger partial charge in [0.1, 0.15) is 5.60 Å². The van der Waals surface area contributed by atoms with E-state index in [1.54, 1.807) is 27.7 Å². The van der Waals surface area contributed by atoms with Crippen molar-refractivity contribution in [3.8, 4) is 0 Å². The van der Waals surface area contributed by atoms with Crippen LogP contribution in [0.25, 0.3) is 0 Å². The summed E-state index contributed by atoms with van der Waals surface area (Å²) in [6, 6.07) is -1.07. The Bertz CT molecular complexity index is 284. The predicted molar refractivity (Wildman–Crippen MR) is 61.9 cm³/mol. The molecule has 0 unspecified atom stereocenters. The van der Waals surface area contributed by atoms with Crippen molar-refractivity contribution in [3.63, 3.8) is 0 Å². The highest BCUT2D eigenvalue weighted by molar-refractivity contribution is 5.80. The topological polar surface area (TPSA) is 76.1 Å². The average molecular weight is 247 g/mol. The van der Waals surface area contributed by atoms with Crippen LogP contribution in [0.4, 0.5) is 4.79 Å². The monoisotopic (exact) mass is 247 g/mol. The van der Waals surface area contributed by atoms with E-state index < -0.39 is 29.8 Å². The summed E-state index contributed by atoms with van der Waals surface area (Å²) in [6.07, 6.45) is -1.31. The van der Waals surface area contributed by atoms with Gasteiger partial charge in [0.05, 0.1) is 6.10 Å². The molecule has 6 heteroatoms. The van der Waals surface area contributed by atoms with Crippen molar-refractivity contribution in [1.82, 2.24) is 4.90 Å². The number of aliphatic carboxylic acids is 1. The van der Waals surface area contributed by atoms with Crippen LogP contribution in [0.1, 0.15) is 27.7 Å². The van der Waals surface area contributed by atoms with E-state index in [1.165, 1.54) is 14.2 Å². The van der Waals surface area contributed by atoms with Crippen LogP contribution in [0.5, 0.6) is 0 Å². The first-order chi connectivity index (χ1) is 7.60. The standard InChI is InChI=1S/C11H21NO5/c1-7(16-6)8(9(13)14)12(5)10(15)17-11(2,3)4/h7-8H,1-6H3,(H,13,14)/t7-,8+/m1/s1. The van der Waals surface area contributed by atoms with E-state index in [1.807, 2.05) is 0 Å². The summed E-state index contributed by atoms with van der Waals surface area (Å²) in [5.41, 5.74) is -0.662. The van der Waals surface area contributed by atoms with Gasteiger partial charge in [0.15, 0.2) is 6.04 Å². The molecule has 0 aliphatic carbocycles. The van der Waals surface area contributed by atoms with Gasteiger partial charge in [0.25, 0.3) is 0 Å². The largest absolute Gasteiger partial charge is 0.480 e. The molecule has 0 fully saturated rings. The summed E-state index contributed by atoms with van der Waals surface area (Å²) < 4.78 is 10.0. The molecule has 1 amide bonds. The molecule has 0 aliphatic rings. The maximum Gasteiger partial charge on any atom is 0.410 e. The summed E-state index contributed by atoms with van der Waals surface area (Å²) in [5, 5.41) is 9.06. The zero-order valence-electron chi connectivity index (χ0n) is 11.2. The maximum atomic E-state index is 11.7. The fourth-order valence-corrected chi connectivity index (χ4v) is 1.26. The summed E-state index contributed by atoms with van der Waals surface area (Å²) >= 11 is 0. The first-order valence-corrected chi connectivity index (χ1v) is 5.31. The molecular formula is C11H21NO5. The Balaban J connectivity index is 4.79. The fraction of sp³-hybridized carbons (Fsp3) is 0.818. The third-order valence-corrected chi connectivity index (χ3v) is 2.17. The molecule has 0 rings (SSSR count). The van der Waals surface area contributed by atoms with Crippen molar-refractivity contribution in [2.45, 2.75) is 45.4 Å². The average Bonchev–Trinajstić information content (AvgIpc) is 2.14. The number of carbonyl (C=O) groups is 2. The molecule has 0 aromatic rings. The van der Waals surface area contributed by atoms with Crippen LogP contribution in [-0.4, -0.2) is 54.0 Å². The minimum atomic E-state index is -1.13. The highest BCUT2D eigenvalue weighted by Crippen LogP contribution is 2.13. The number of ether oxygens (including phenoxy) is 2. The molecule has 0 heterocycles. The Morgan fingerprint density at radius 2 is 1.76 bits per heavy atom. The Kier molecular flexibility index (Phi) is 5.41. The molecule has 0 saturated carbocycles. The third kappa shape index (κ3) is 5.04. The second-order valence-corrected chi connectivity index (χ2v) is 4.82. The minimum absolute atomic E-state index is 0.620. The number of rotatable bonds is 4. The number of methoxy groups -OCH3 is 1. The molecule has 0 aromatic carbocycles. The molecule has 1 N–H and O–H groups in total. The van der Waals surface area contributed by atoms with E-state index in [4.69, 9.17) is 14.6 Å². The van der Waals surface area contributed by atoms with Gasteiger partial charge in [-0.2, -0.15) is 0 Å². The van der Waals surface area contributed by atoms with Crippen LogP contribution in [-0.2, 0) is 14.3 Å². The summed E-state index contributed by atoms with van der Waals surface area (Å²) in [7, 11) is 2.77. The number of hydrogen-bond donors (Lipinski definition) is 1. The number of carboxylic acid groups (broad SMARTS) is 1. The van der Waals surface area contributed by atoms with Gasteiger partial charge < -0.3 is 14.6 Å². The lowest BCUT2D eigenvalue weighted by Crippen LogP contribution is -2.50. The lowest BCUT2D eigenvalue weighted by molar-refractivity contribution is -0.147. The molecule has 2 atom stereocenters. The number of carbonyl (C=O) groups excluding carboxylic acids is 1. The Morgan fingerprint density at radius 3 is 2.06 bits per heavy atom. The zero-order chi connectivity index (χ0) is 13.8. The van der Waals surface area contributed by atoms with E-state index in [0.717, 1.165) is 4.90 Å². The van der Waals surface area contributed by atoms with Crippen LogP contribution in [0.2, 0.25) is 0 Å². The molecule has 0 saturated heterocycles. The van der Waals surface area contributed by atoms with Crippen LogP contribution in [0.15, 0.2) is 0 Å². The van der Waals surface area contributed by atoms with Crippen LogP contribution in [0, 0.1) is 0 Å². The van der Waals surface area contributed by atoms with E-state index >= 15 is 0 Å². The second-order valence-electron chi connectivity index (χ2n) is 4.82. The van der Waals surface area contributed by atoms with Gasteiger partial charge in [-0.15, -0.1) is 0 Å². The molecule has 0 radical (unpaired) electrons.